The Morgan fingerprint density at radius 3 is 1.12 bits per heavy atom. The maximum atomic E-state index is 13.0. The highest BCUT2D eigenvalue weighted by Gasteiger charge is 2.27. The molecule has 82 heavy (non-hydrogen) atoms. The fourth-order valence-corrected chi connectivity index (χ4v) is 10.1. The molecule has 472 valence electrons. The number of hydrogen-bond donors (Lipinski definition) is 3. The van der Waals surface area contributed by atoms with Crippen molar-refractivity contribution in [2.75, 3.05) is 40.9 Å². The molecular formula is C73H130N2O6P+. The van der Waals surface area contributed by atoms with Crippen LogP contribution in [0.5, 0.6) is 0 Å². The number of phosphoric ester groups is 1. The molecule has 0 aliphatic carbocycles. The Morgan fingerprint density at radius 1 is 0.427 bits per heavy atom. The molecule has 0 aliphatic rings. The van der Waals surface area contributed by atoms with E-state index in [4.69, 9.17) is 9.05 Å². The average molecular weight is 1160 g/mol. The second-order valence-electron chi connectivity index (χ2n) is 23.8. The summed E-state index contributed by atoms with van der Waals surface area (Å²) in [7, 11) is 1.54. The zero-order valence-electron chi connectivity index (χ0n) is 53.9. The molecule has 0 heterocycles. The Bertz CT molecular complexity index is 1750. The van der Waals surface area contributed by atoms with E-state index in [1.54, 1.807) is 6.08 Å². The van der Waals surface area contributed by atoms with Crippen LogP contribution in [0.1, 0.15) is 284 Å². The quantitative estimate of drug-likeness (QED) is 0.0243. The Morgan fingerprint density at radius 2 is 0.744 bits per heavy atom. The van der Waals surface area contributed by atoms with E-state index in [0.29, 0.717) is 17.4 Å². The molecule has 0 aliphatic heterocycles. The summed E-state index contributed by atoms with van der Waals surface area (Å²) in [6.07, 6.45) is 93.4. The summed E-state index contributed by atoms with van der Waals surface area (Å²) in [6, 6.07) is -0.878. The minimum absolute atomic E-state index is 0.0493. The van der Waals surface area contributed by atoms with Gasteiger partial charge in [0.05, 0.1) is 39.9 Å². The molecule has 0 aromatic rings. The van der Waals surface area contributed by atoms with E-state index >= 15 is 0 Å². The summed E-state index contributed by atoms with van der Waals surface area (Å²) in [5.74, 6) is -0.193. The van der Waals surface area contributed by atoms with Gasteiger partial charge in [0.25, 0.3) is 0 Å². The molecule has 0 fully saturated rings. The smallest absolute Gasteiger partial charge is 0.387 e. The van der Waals surface area contributed by atoms with Crippen molar-refractivity contribution in [1.29, 1.82) is 0 Å². The van der Waals surface area contributed by atoms with Crippen LogP contribution < -0.4 is 5.32 Å². The van der Waals surface area contributed by atoms with Crippen LogP contribution in [-0.4, -0.2) is 73.4 Å². The predicted octanol–water partition coefficient (Wildman–Crippen LogP) is 21.7. The molecule has 0 bridgehead atoms. The van der Waals surface area contributed by atoms with Crippen LogP contribution in [0.2, 0.25) is 0 Å². The van der Waals surface area contributed by atoms with Gasteiger partial charge in [-0.1, -0.05) is 296 Å². The normalized spacial score (nSPS) is 14.5. The largest absolute Gasteiger partial charge is 0.472 e. The molecule has 0 saturated heterocycles. The van der Waals surface area contributed by atoms with Crippen LogP contribution in [0, 0.1) is 0 Å². The van der Waals surface area contributed by atoms with E-state index in [-0.39, 0.29) is 19.1 Å². The summed E-state index contributed by atoms with van der Waals surface area (Å²) in [5.41, 5.74) is 0. The van der Waals surface area contributed by atoms with Gasteiger partial charge in [-0.3, -0.25) is 13.8 Å². The highest BCUT2D eigenvalue weighted by molar-refractivity contribution is 7.47. The summed E-state index contributed by atoms with van der Waals surface area (Å²) in [5, 5.41) is 14.0. The molecule has 0 radical (unpaired) electrons. The third kappa shape index (κ3) is 64.5. The monoisotopic (exact) mass is 1160 g/mol. The van der Waals surface area contributed by atoms with Crippen molar-refractivity contribution in [3.8, 4) is 0 Å². The third-order valence-corrected chi connectivity index (χ3v) is 15.6. The number of nitrogens with one attached hydrogen (secondary N) is 1. The van der Waals surface area contributed by atoms with Crippen LogP contribution in [-0.2, 0) is 18.4 Å². The lowest BCUT2D eigenvalue weighted by Gasteiger charge is -2.25. The molecule has 3 atom stereocenters. The van der Waals surface area contributed by atoms with E-state index in [2.05, 4.69) is 129 Å². The summed E-state index contributed by atoms with van der Waals surface area (Å²) in [4.78, 5) is 23.4. The zero-order valence-corrected chi connectivity index (χ0v) is 54.8. The van der Waals surface area contributed by atoms with Gasteiger partial charge >= 0.3 is 7.82 Å². The molecule has 9 heteroatoms. The number of amides is 1. The van der Waals surface area contributed by atoms with Crippen molar-refractivity contribution in [3.05, 3.63) is 122 Å². The van der Waals surface area contributed by atoms with Crippen LogP contribution in [0.15, 0.2) is 122 Å². The minimum Gasteiger partial charge on any atom is -0.387 e. The Balaban J connectivity index is 4.13. The maximum absolute atomic E-state index is 13.0. The zero-order chi connectivity index (χ0) is 59.8. The highest BCUT2D eigenvalue weighted by atomic mass is 31.2. The van der Waals surface area contributed by atoms with Crippen molar-refractivity contribution >= 4 is 13.7 Å². The SMILES string of the molecule is CC/C=C\C/C=C\C/C=C\C/C=C\C/C=C\C/C=C\C/C=C\CCCCCCCCCCCCCCCCCC(=O)NC(COP(=O)(O)OCC[N+](C)(C)C)C(O)/C=C/CC/C=C/CC/C=C/CCCCCCCCCCCCCCC. The Kier molecular flexibility index (Phi) is 60.1. The molecular weight excluding hydrogens is 1030 g/mol. The molecule has 0 spiro atoms. The van der Waals surface area contributed by atoms with Gasteiger partial charge in [0.1, 0.15) is 13.2 Å². The number of rotatable bonds is 61. The fourth-order valence-electron chi connectivity index (χ4n) is 9.41. The number of aliphatic hydroxyl groups excluding tert-OH is 1. The van der Waals surface area contributed by atoms with E-state index in [1.165, 1.54) is 173 Å². The first-order valence-corrected chi connectivity index (χ1v) is 35.4. The lowest BCUT2D eigenvalue weighted by Crippen LogP contribution is -2.45. The number of phosphoric acid groups is 1. The lowest BCUT2D eigenvalue weighted by atomic mass is 10.0. The number of hydrogen-bond acceptors (Lipinski definition) is 5. The molecule has 1 amide bonds. The first-order chi connectivity index (χ1) is 40.0. The van der Waals surface area contributed by atoms with Crippen molar-refractivity contribution in [1.82, 2.24) is 5.32 Å². The maximum Gasteiger partial charge on any atom is 0.472 e. The molecule has 3 N–H and O–H groups in total. The van der Waals surface area contributed by atoms with Gasteiger partial charge in [0.15, 0.2) is 0 Å². The molecule has 8 nitrogen and oxygen atoms in total. The number of quaternary nitrogens is 1. The van der Waals surface area contributed by atoms with Crippen LogP contribution in [0.4, 0.5) is 0 Å². The van der Waals surface area contributed by atoms with Crippen molar-refractivity contribution in [2.24, 2.45) is 0 Å². The van der Waals surface area contributed by atoms with E-state index in [1.807, 2.05) is 27.2 Å². The van der Waals surface area contributed by atoms with Gasteiger partial charge in [-0.15, -0.1) is 0 Å². The van der Waals surface area contributed by atoms with Gasteiger partial charge in [-0.05, 0) is 103 Å². The number of unbranched alkanes of at least 4 members (excludes halogenated alkanes) is 30. The van der Waals surface area contributed by atoms with Crippen molar-refractivity contribution < 1.29 is 32.9 Å². The number of carbonyl (C=O) groups excluding carboxylic acids is 1. The molecule has 0 rings (SSSR count). The first-order valence-electron chi connectivity index (χ1n) is 33.9. The standard InChI is InChI=1S/C73H129N2O6P/c1-6-8-10-12-14-16-18-20-22-24-26-28-30-31-32-33-34-35-36-37-38-39-40-41-42-43-45-47-49-51-53-55-57-59-61-63-65-67-73(77)74-71(70-81-82(78,79)80-69-68-75(3,4)5)72(76)66-64-62-60-58-56-54-52-50-48-46-44-29-27-25-23-21-19-17-15-13-11-9-7-2/h8,10,14,16,20,22,26,28,31-32,34-35,37-38,48,50,56,58,64,66,71-72,76H,6-7,9,11-13,15,17-19,21,23-25,27,29-30,33,36,39-47,49,51-55,57,59-63,65,67-70H2,1-5H3,(H-,74,77,78,79)/p+1/b10-8-,16-14-,22-20-,28-26-,32-31-,35-34-,38-37-,50-48+,58-56+,66-64+. The fraction of sp³-hybridized carbons (Fsp3) is 0.712. The molecule has 0 saturated carbocycles. The lowest BCUT2D eigenvalue weighted by molar-refractivity contribution is -0.870. The van der Waals surface area contributed by atoms with Gasteiger partial charge in [-0.25, -0.2) is 4.57 Å². The van der Waals surface area contributed by atoms with Gasteiger partial charge in [-0.2, -0.15) is 0 Å². The van der Waals surface area contributed by atoms with E-state index < -0.39 is 20.0 Å². The second-order valence-corrected chi connectivity index (χ2v) is 25.3. The first kappa shape index (κ1) is 78.9. The Hall–Kier alpha value is -3.10. The van der Waals surface area contributed by atoms with Gasteiger partial charge in [0.2, 0.25) is 5.91 Å². The Labute approximate surface area is 507 Å². The van der Waals surface area contributed by atoms with Gasteiger partial charge in [0, 0.05) is 6.42 Å². The summed E-state index contributed by atoms with van der Waals surface area (Å²) < 4.78 is 23.8. The van der Waals surface area contributed by atoms with Gasteiger partial charge < -0.3 is 19.8 Å². The number of nitrogens with zero attached hydrogens (tertiary/aromatic N) is 1. The molecule has 0 aromatic heterocycles. The minimum atomic E-state index is -4.37. The topological polar surface area (TPSA) is 105 Å². The van der Waals surface area contributed by atoms with E-state index in [0.717, 1.165) is 89.9 Å². The third-order valence-electron chi connectivity index (χ3n) is 14.6. The second kappa shape index (κ2) is 62.4. The summed E-state index contributed by atoms with van der Waals surface area (Å²) in [6.45, 7) is 4.69. The average Bonchev–Trinajstić information content (AvgIpc) is 3.47. The molecule has 0 aromatic carbocycles. The predicted molar refractivity (Wildman–Crippen MR) is 359 cm³/mol. The number of allylic oxidation sites excluding steroid dienone is 19. The number of carbonyl (C=O) groups is 1. The van der Waals surface area contributed by atoms with Crippen LogP contribution in [0.25, 0.3) is 0 Å². The van der Waals surface area contributed by atoms with E-state index in [9.17, 15) is 19.4 Å². The summed E-state index contributed by atoms with van der Waals surface area (Å²) >= 11 is 0. The van der Waals surface area contributed by atoms with Crippen LogP contribution in [0.3, 0.4) is 0 Å². The van der Waals surface area contributed by atoms with Crippen molar-refractivity contribution in [2.45, 2.75) is 296 Å². The highest BCUT2D eigenvalue weighted by Crippen LogP contribution is 2.43. The molecule has 3 unspecified atom stereocenters. The van der Waals surface area contributed by atoms with Crippen LogP contribution >= 0.6 is 7.82 Å². The van der Waals surface area contributed by atoms with Crippen molar-refractivity contribution in [3.63, 3.8) is 0 Å². The number of aliphatic hydroxyl groups is 1. The number of likely N-dealkylation sites (N-methyl/N-ethyl adjacent to an activating group) is 1.